The maximum atomic E-state index is 2.55. The predicted octanol–water partition coefficient (Wildman–Crippen LogP) is 20.7. The molecule has 0 atom stereocenters. The number of allylic oxidation sites excluding steroid dienone is 1. The molecule has 14 aromatic carbocycles. The molecule has 356 valence electrons. The van der Waals surface area contributed by atoms with Crippen LogP contribution in [-0.4, -0.2) is 0 Å². The maximum Gasteiger partial charge on any atom is 0.0540 e. The number of fused-ring (bicyclic) bond motifs is 8. The monoisotopic (exact) mass is 966 g/mol. The summed E-state index contributed by atoms with van der Waals surface area (Å²) in [6.07, 6.45) is 4.45. The van der Waals surface area contributed by atoms with Crippen LogP contribution in [0.25, 0.3) is 103 Å². The third-order valence-electron chi connectivity index (χ3n) is 16.0. The van der Waals surface area contributed by atoms with Crippen molar-refractivity contribution >= 4 is 110 Å². The normalized spacial score (nSPS) is 12.4. The van der Waals surface area contributed by atoms with Crippen molar-refractivity contribution in [2.45, 2.75) is 12.8 Å². The van der Waals surface area contributed by atoms with E-state index in [4.69, 9.17) is 0 Å². The van der Waals surface area contributed by atoms with Crippen LogP contribution >= 0.6 is 0 Å². The van der Waals surface area contributed by atoms with E-state index in [1.165, 1.54) is 114 Å². The minimum Gasteiger partial charge on any atom is -0.310 e. The highest BCUT2D eigenvalue weighted by molar-refractivity contribution is 6.26. The summed E-state index contributed by atoms with van der Waals surface area (Å²) in [6.45, 7) is 0. The summed E-state index contributed by atoms with van der Waals surface area (Å²) < 4.78 is 0. The lowest BCUT2D eigenvalue weighted by Gasteiger charge is -2.33. The van der Waals surface area contributed by atoms with Crippen LogP contribution < -0.4 is 9.80 Å². The van der Waals surface area contributed by atoms with E-state index in [0.29, 0.717) is 0 Å². The zero-order valence-electron chi connectivity index (χ0n) is 41.9. The third kappa shape index (κ3) is 7.10. The van der Waals surface area contributed by atoms with Crippen LogP contribution in [0, 0.1) is 0 Å². The zero-order chi connectivity index (χ0) is 50.1. The molecule has 0 aliphatic heterocycles. The molecule has 0 saturated heterocycles. The summed E-state index contributed by atoms with van der Waals surface area (Å²) in [5, 5.41) is 16.9. The minimum atomic E-state index is 0.967. The van der Waals surface area contributed by atoms with Gasteiger partial charge in [0.1, 0.15) is 0 Å². The van der Waals surface area contributed by atoms with E-state index >= 15 is 0 Å². The van der Waals surface area contributed by atoms with Gasteiger partial charge in [0.05, 0.1) is 17.1 Å². The summed E-state index contributed by atoms with van der Waals surface area (Å²) in [5.74, 6) is 0. The Hall–Kier alpha value is -9.76. The lowest BCUT2D eigenvalue weighted by Crippen LogP contribution is -2.19. The standard InChI is InChI=1S/C74H50N2/c1-7-31-57-49(19-1)25-13-37-63(57)73-65-45-43-56(76(71-41-17-29-53-23-5-11-35-61(53)71)72-42-18-30-54-24-6-12-36-62(54)72)48-68(65)74(64-38-14-26-50-20-2-8-32-58(50)64)66-46-44-55(47-67(66)73)75(69-39-15-27-51-21-3-9-33-59(51)69)70-40-16-28-52-22-4-10-34-60(52)70/h1-17,19-29,31-48H,18,30H2. The van der Waals surface area contributed by atoms with Gasteiger partial charge in [-0.1, -0.05) is 237 Å². The lowest BCUT2D eigenvalue weighted by atomic mass is 9.83. The summed E-state index contributed by atoms with van der Waals surface area (Å²) in [5.41, 5.74) is 14.4. The van der Waals surface area contributed by atoms with Gasteiger partial charge in [0.2, 0.25) is 0 Å². The second-order valence-electron chi connectivity index (χ2n) is 20.2. The molecular weight excluding hydrogens is 917 g/mol. The fraction of sp³-hybridized carbons (Fsp3) is 0.0270. The molecule has 76 heavy (non-hydrogen) atoms. The number of hydrogen-bond acceptors (Lipinski definition) is 2. The molecule has 0 amide bonds. The zero-order valence-corrected chi connectivity index (χ0v) is 41.9. The van der Waals surface area contributed by atoms with Crippen LogP contribution in [0.1, 0.15) is 17.5 Å². The lowest BCUT2D eigenvalue weighted by molar-refractivity contribution is 0.968. The van der Waals surface area contributed by atoms with Crippen LogP contribution in [0.15, 0.2) is 279 Å². The number of benzene rings is 14. The van der Waals surface area contributed by atoms with Gasteiger partial charge >= 0.3 is 0 Å². The molecule has 2 nitrogen and oxygen atoms in total. The average molecular weight is 967 g/mol. The van der Waals surface area contributed by atoms with Gasteiger partial charge in [-0.2, -0.15) is 0 Å². The largest absolute Gasteiger partial charge is 0.310 e. The molecular formula is C74H50N2. The van der Waals surface area contributed by atoms with Crippen molar-refractivity contribution in [3.63, 3.8) is 0 Å². The second kappa shape index (κ2) is 18.0. The van der Waals surface area contributed by atoms with Gasteiger partial charge in [-0.15, -0.1) is 0 Å². The van der Waals surface area contributed by atoms with Crippen molar-refractivity contribution in [3.05, 3.63) is 290 Å². The fourth-order valence-electron chi connectivity index (χ4n) is 12.6. The Morgan fingerprint density at radius 1 is 0.250 bits per heavy atom. The average Bonchev–Trinajstić information content (AvgIpc) is 3.53. The molecule has 1 aliphatic carbocycles. The predicted molar refractivity (Wildman–Crippen MR) is 326 cm³/mol. The van der Waals surface area contributed by atoms with Crippen LogP contribution in [0.4, 0.5) is 28.4 Å². The van der Waals surface area contributed by atoms with Crippen LogP contribution in [-0.2, 0) is 6.42 Å². The number of nitrogens with zero attached hydrogens (tertiary/aromatic N) is 2. The minimum absolute atomic E-state index is 0.967. The van der Waals surface area contributed by atoms with Crippen molar-refractivity contribution < 1.29 is 0 Å². The van der Waals surface area contributed by atoms with Gasteiger partial charge in [0.25, 0.3) is 0 Å². The van der Waals surface area contributed by atoms with Gasteiger partial charge in [0, 0.05) is 38.8 Å². The van der Waals surface area contributed by atoms with Crippen LogP contribution in [0.3, 0.4) is 0 Å². The van der Waals surface area contributed by atoms with Crippen LogP contribution in [0.2, 0.25) is 0 Å². The first kappa shape index (κ1) is 43.8. The van der Waals surface area contributed by atoms with Gasteiger partial charge in [-0.3, -0.25) is 0 Å². The van der Waals surface area contributed by atoms with Crippen molar-refractivity contribution in [3.8, 4) is 22.3 Å². The van der Waals surface area contributed by atoms with Crippen LogP contribution in [0.5, 0.6) is 0 Å². The summed E-state index contributed by atoms with van der Waals surface area (Å²) in [6, 6.07) is 102. The Morgan fingerprint density at radius 2 is 0.605 bits per heavy atom. The topological polar surface area (TPSA) is 6.48 Å². The molecule has 1 aliphatic rings. The molecule has 0 N–H and O–H groups in total. The molecule has 0 bridgehead atoms. The fourth-order valence-corrected chi connectivity index (χ4v) is 12.6. The highest BCUT2D eigenvalue weighted by Crippen LogP contribution is 2.52. The molecule has 0 heterocycles. The molecule has 14 aromatic rings. The second-order valence-corrected chi connectivity index (χ2v) is 20.2. The Labute approximate surface area is 442 Å². The Balaban J connectivity index is 1.09. The Kier molecular flexibility index (Phi) is 10.4. The quantitative estimate of drug-likeness (QED) is 0.140. The van der Waals surface area contributed by atoms with E-state index in [-0.39, 0.29) is 0 Å². The molecule has 0 aromatic heterocycles. The number of anilines is 5. The highest BCUT2D eigenvalue weighted by Gasteiger charge is 2.27. The first-order chi connectivity index (χ1) is 37.7. The van der Waals surface area contributed by atoms with E-state index in [9.17, 15) is 0 Å². The molecule has 0 saturated carbocycles. The maximum absolute atomic E-state index is 2.55. The van der Waals surface area contributed by atoms with Crippen molar-refractivity contribution in [1.29, 1.82) is 0 Å². The van der Waals surface area contributed by atoms with E-state index in [2.05, 4.69) is 289 Å². The number of aryl methyl sites for hydroxylation is 1. The number of rotatable bonds is 8. The summed E-state index contributed by atoms with van der Waals surface area (Å²) in [7, 11) is 0. The first-order valence-corrected chi connectivity index (χ1v) is 26.6. The third-order valence-corrected chi connectivity index (χ3v) is 16.0. The molecule has 2 heteroatoms. The molecule has 0 unspecified atom stereocenters. The molecule has 15 rings (SSSR count). The van der Waals surface area contributed by atoms with Gasteiger partial charge in [0.15, 0.2) is 0 Å². The van der Waals surface area contributed by atoms with Crippen molar-refractivity contribution in [2.75, 3.05) is 9.80 Å². The number of hydrogen-bond donors (Lipinski definition) is 0. The van der Waals surface area contributed by atoms with Crippen molar-refractivity contribution in [2.24, 2.45) is 0 Å². The Bertz CT molecular complexity index is 4570. The van der Waals surface area contributed by atoms with Gasteiger partial charge in [-0.25, -0.2) is 0 Å². The summed E-state index contributed by atoms with van der Waals surface area (Å²) in [4.78, 5) is 5.05. The SMILES string of the molecule is C1=C(N(c2ccc3c(-c4cccc5ccccc45)c4cc(N(c5cccc6ccccc56)c5cccc6ccccc56)ccc4c(-c4cccc5ccccc45)c3c2)c2cccc3ccccc23)c2ccccc2CC1. The Morgan fingerprint density at radius 3 is 1.09 bits per heavy atom. The van der Waals surface area contributed by atoms with E-state index in [0.717, 1.165) is 41.3 Å². The van der Waals surface area contributed by atoms with E-state index in [1.54, 1.807) is 0 Å². The first-order valence-electron chi connectivity index (χ1n) is 26.6. The van der Waals surface area contributed by atoms with Gasteiger partial charge in [-0.05, 0) is 142 Å². The van der Waals surface area contributed by atoms with Gasteiger partial charge < -0.3 is 9.80 Å². The van der Waals surface area contributed by atoms with E-state index in [1.807, 2.05) is 0 Å². The molecule has 0 spiro atoms. The molecule has 0 radical (unpaired) electrons. The highest BCUT2D eigenvalue weighted by atomic mass is 15.2. The van der Waals surface area contributed by atoms with Crippen molar-refractivity contribution in [1.82, 2.24) is 0 Å². The molecule has 0 fully saturated rings. The van der Waals surface area contributed by atoms with E-state index < -0.39 is 0 Å². The summed E-state index contributed by atoms with van der Waals surface area (Å²) >= 11 is 0. The smallest absolute Gasteiger partial charge is 0.0540 e.